The Labute approximate surface area is 182 Å². The number of rotatable bonds is 8. The van der Waals surface area contributed by atoms with Crippen LogP contribution in [0, 0.1) is 20.8 Å². The van der Waals surface area contributed by atoms with E-state index in [9.17, 15) is 4.79 Å². The first-order chi connectivity index (χ1) is 14.4. The topological polar surface area (TPSA) is 51.7 Å². The summed E-state index contributed by atoms with van der Waals surface area (Å²) >= 11 is 1.45. The molecule has 0 aliphatic rings. The number of aromatic nitrogens is 1. The van der Waals surface area contributed by atoms with Gasteiger partial charge >= 0.3 is 0 Å². The van der Waals surface area contributed by atoms with Gasteiger partial charge in [-0.25, -0.2) is 4.98 Å². The number of carbonyl (C=O) groups excluding carboxylic acids is 1. The Bertz CT molecular complexity index is 998. The zero-order valence-electron chi connectivity index (χ0n) is 18.1. The minimum absolute atomic E-state index is 0.149. The molecule has 0 fully saturated rings. The maximum Gasteiger partial charge on any atom is 0.262 e. The first kappa shape index (κ1) is 22.2. The molecule has 0 radical (unpaired) electrons. The molecule has 1 atom stereocenters. The van der Waals surface area contributed by atoms with E-state index in [0.717, 1.165) is 28.1 Å². The lowest BCUT2D eigenvalue weighted by molar-refractivity contribution is -0.129. The first-order valence-electron chi connectivity index (χ1n) is 9.95. The Morgan fingerprint density at radius 1 is 1.07 bits per heavy atom. The molecule has 5 nitrogen and oxygen atoms in total. The molecule has 30 heavy (non-hydrogen) atoms. The molecule has 0 bridgehead atoms. The van der Waals surface area contributed by atoms with Crippen LogP contribution >= 0.6 is 11.3 Å². The molecule has 158 valence electrons. The summed E-state index contributed by atoms with van der Waals surface area (Å²) < 4.78 is 10.7. The summed E-state index contributed by atoms with van der Waals surface area (Å²) in [5.41, 5.74) is 5.99. The van der Waals surface area contributed by atoms with Crippen molar-refractivity contribution in [1.82, 2.24) is 4.98 Å². The van der Waals surface area contributed by atoms with Crippen LogP contribution in [0.25, 0.3) is 11.3 Å². The molecule has 0 N–H and O–H groups in total. The normalized spacial score (nSPS) is 12.0. The monoisotopic (exact) mass is 424 g/mol. The summed E-state index contributed by atoms with van der Waals surface area (Å²) in [4.78, 5) is 19.9. The molecule has 1 aromatic heterocycles. The number of methoxy groups -OCH3 is 1. The quantitative estimate of drug-likeness (QED) is 0.451. The Hall–Kier alpha value is -2.54. The summed E-state index contributed by atoms with van der Waals surface area (Å²) in [5, 5.41) is 2.62. The minimum Gasteiger partial charge on any atom is -0.382 e. The summed E-state index contributed by atoms with van der Waals surface area (Å²) in [6.45, 7) is 8.64. The molecule has 1 amide bonds. The lowest BCUT2D eigenvalue weighted by Crippen LogP contribution is -2.37. The minimum atomic E-state index is -0.619. The van der Waals surface area contributed by atoms with Gasteiger partial charge in [-0.05, 0) is 44.9 Å². The zero-order chi connectivity index (χ0) is 21.7. The predicted molar refractivity (Wildman–Crippen MR) is 123 cm³/mol. The van der Waals surface area contributed by atoms with Crippen molar-refractivity contribution in [3.63, 3.8) is 0 Å². The largest absolute Gasteiger partial charge is 0.382 e. The average Bonchev–Trinajstić information content (AvgIpc) is 3.21. The van der Waals surface area contributed by atoms with Crippen molar-refractivity contribution in [3.05, 3.63) is 64.5 Å². The summed E-state index contributed by atoms with van der Waals surface area (Å²) in [6, 6.07) is 14.3. The highest BCUT2D eigenvalue weighted by Gasteiger charge is 2.28. The van der Waals surface area contributed by atoms with E-state index in [1.807, 2.05) is 37.4 Å². The third kappa shape index (κ3) is 5.14. The van der Waals surface area contributed by atoms with Gasteiger partial charge in [0.25, 0.3) is 5.91 Å². The van der Waals surface area contributed by atoms with Crippen molar-refractivity contribution < 1.29 is 14.3 Å². The van der Waals surface area contributed by atoms with Crippen LogP contribution in [-0.4, -0.2) is 37.3 Å². The summed E-state index contributed by atoms with van der Waals surface area (Å²) in [5.74, 6) is -0.149. The Kier molecular flexibility index (Phi) is 7.37. The number of nitrogens with zero attached hydrogens (tertiary/aromatic N) is 2. The Balaban J connectivity index is 1.98. The van der Waals surface area contributed by atoms with Crippen LogP contribution < -0.4 is 4.90 Å². The highest BCUT2D eigenvalue weighted by atomic mass is 32.1. The number of aryl methyl sites for hydroxylation is 3. The fourth-order valence-corrected chi connectivity index (χ4v) is 3.91. The van der Waals surface area contributed by atoms with Crippen molar-refractivity contribution in [2.24, 2.45) is 0 Å². The van der Waals surface area contributed by atoms with E-state index in [-0.39, 0.29) is 5.91 Å². The Morgan fingerprint density at radius 3 is 2.47 bits per heavy atom. The van der Waals surface area contributed by atoms with E-state index in [4.69, 9.17) is 14.5 Å². The molecule has 0 aliphatic carbocycles. The molecule has 3 rings (SSSR count). The van der Waals surface area contributed by atoms with Crippen LogP contribution in [-0.2, 0) is 14.3 Å². The number of hydrogen-bond donors (Lipinski definition) is 0. The van der Waals surface area contributed by atoms with Gasteiger partial charge in [-0.1, -0.05) is 42.0 Å². The zero-order valence-corrected chi connectivity index (χ0v) is 19.0. The predicted octanol–water partition coefficient (Wildman–Crippen LogP) is 5.45. The van der Waals surface area contributed by atoms with Gasteiger partial charge in [0.2, 0.25) is 0 Å². The molecule has 0 spiro atoms. The molecular formula is C24H28N2O3S. The van der Waals surface area contributed by atoms with Gasteiger partial charge in [0, 0.05) is 18.1 Å². The average molecular weight is 425 g/mol. The lowest BCUT2D eigenvalue weighted by atomic mass is 10.1. The maximum atomic E-state index is 13.4. The van der Waals surface area contributed by atoms with Crippen LogP contribution in [0.5, 0.6) is 0 Å². The van der Waals surface area contributed by atoms with Crippen molar-refractivity contribution >= 4 is 28.1 Å². The molecule has 2 aromatic carbocycles. The summed E-state index contributed by atoms with van der Waals surface area (Å²) in [7, 11) is 1.61. The number of amides is 1. The van der Waals surface area contributed by atoms with Crippen molar-refractivity contribution in [3.8, 4) is 11.3 Å². The molecule has 6 heteroatoms. The van der Waals surface area contributed by atoms with E-state index in [0.29, 0.717) is 18.3 Å². The SMILES string of the molecule is COCCOC(C)C(=O)N(c1nc(-c2ccc(C)cc2)cs1)c1cc(C)ccc1C. The fraction of sp³-hybridized carbons (Fsp3) is 0.333. The molecule has 1 heterocycles. The standard InChI is InChI=1S/C24H28N2O3S/c1-16-7-10-20(11-8-16)21-15-30-24(25-21)26(22-14-17(2)6-9-18(22)3)23(27)19(4)29-13-12-28-5/h6-11,14-15,19H,12-13H2,1-5H3. The van der Waals surface area contributed by atoms with Crippen LogP contribution in [0.2, 0.25) is 0 Å². The van der Waals surface area contributed by atoms with Gasteiger partial charge in [0.1, 0.15) is 6.10 Å². The van der Waals surface area contributed by atoms with Crippen molar-refractivity contribution in [2.75, 3.05) is 25.2 Å². The highest BCUT2D eigenvalue weighted by molar-refractivity contribution is 7.14. The fourth-order valence-electron chi connectivity index (χ4n) is 3.06. The summed E-state index contributed by atoms with van der Waals surface area (Å²) in [6.07, 6.45) is -0.619. The Morgan fingerprint density at radius 2 is 1.77 bits per heavy atom. The van der Waals surface area contributed by atoms with E-state index in [1.54, 1.807) is 18.9 Å². The van der Waals surface area contributed by atoms with E-state index >= 15 is 0 Å². The van der Waals surface area contributed by atoms with Gasteiger partial charge < -0.3 is 9.47 Å². The van der Waals surface area contributed by atoms with Crippen LogP contribution in [0.4, 0.5) is 10.8 Å². The number of ether oxygens (including phenoxy) is 2. The second kappa shape index (κ2) is 9.98. The van der Waals surface area contributed by atoms with Gasteiger partial charge in [-0.15, -0.1) is 11.3 Å². The van der Waals surface area contributed by atoms with Gasteiger partial charge in [0.05, 0.1) is 24.6 Å². The lowest BCUT2D eigenvalue weighted by Gasteiger charge is -2.25. The number of hydrogen-bond acceptors (Lipinski definition) is 5. The third-order valence-electron chi connectivity index (χ3n) is 4.86. The molecule has 3 aromatic rings. The van der Waals surface area contributed by atoms with E-state index in [1.165, 1.54) is 16.9 Å². The second-order valence-corrected chi connectivity index (χ2v) is 8.19. The smallest absolute Gasteiger partial charge is 0.262 e. The van der Waals surface area contributed by atoms with Gasteiger partial charge in [0.15, 0.2) is 5.13 Å². The number of carbonyl (C=O) groups is 1. The molecule has 0 saturated heterocycles. The van der Waals surface area contributed by atoms with Crippen LogP contribution in [0.1, 0.15) is 23.6 Å². The first-order valence-corrected chi connectivity index (χ1v) is 10.8. The van der Waals surface area contributed by atoms with Crippen LogP contribution in [0.3, 0.4) is 0 Å². The molecule has 0 aliphatic heterocycles. The number of benzene rings is 2. The van der Waals surface area contributed by atoms with Gasteiger partial charge in [-0.2, -0.15) is 0 Å². The van der Waals surface area contributed by atoms with Gasteiger partial charge in [-0.3, -0.25) is 9.69 Å². The molecule has 0 saturated carbocycles. The third-order valence-corrected chi connectivity index (χ3v) is 5.69. The second-order valence-electron chi connectivity index (χ2n) is 7.35. The van der Waals surface area contributed by atoms with E-state index < -0.39 is 6.10 Å². The number of thiazole rings is 1. The van der Waals surface area contributed by atoms with Crippen molar-refractivity contribution in [2.45, 2.75) is 33.8 Å². The maximum absolute atomic E-state index is 13.4. The van der Waals surface area contributed by atoms with Crippen LogP contribution in [0.15, 0.2) is 47.8 Å². The number of anilines is 2. The van der Waals surface area contributed by atoms with Crippen molar-refractivity contribution in [1.29, 1.82) is 0 Å². The molecule has 1 unspecified atom stereocenters. The highest BCUT2D eigenvalue weighted by Crippen LogP contribution is 2.35. The molecular weight excluding hydrogens is 396 g/mol. The van der Waals surface area contributed by atoms with E-state index in [2.05, 4.69) is 31.2 Å².